The Kier molecular flexibility index (Phi) is 9.56. The van der Waals surface area contributed by atoms with Crippen molar-refractivity contribution in [1.82, 2.24) is 10.2 Å². The minimum Gasteiger partial charge on any atom is -0.486 e. The highest BCUT2D eigenvalue weighted by molar-refractivity contribution is 7.92. The summed E-state index contributed by atoms with van der Waals surface area (Å²) >= 11 is 0. The van der Waals surface area contributed by atoms with Crippen LogP contribution in [-0.4, -0.2) is 73.7 Å². The molecule has 3 bridgehead atoms. The van der Waals surface area contributed by atoms with Gasteiger partial charge in [-0.25, -0.2) is 8.42 Å². The maximum absolute atomic E-state index is 13.6. The second kappa shape index (κ2) is 12.8. The molecule has 0 spiro atoms. The number of sulfone groups is 1. The van der Waals surface area contributed by atoms with E-state index < -0.39 is 26.7 Å². The van der Waals surface area contributed by atoms with Crippen LogP contribution in [0.1, 0.15) is 96.1 Å². The molecule has 1 saturated heterocycles. The highest BCUT2D eigenvalue weighted by Gasteiger charge is 2.57. The fourth-order valence-electron chi connectivity index (χ4n) is 8.48. The Labute approximate surface area is 246 Å². The summed E-state index contributed by atoms with van der Waals surface area (Å²) in [6.07, 6.45) is 10.2. The molecule has 3 aliphatic carbocycles. The lowest BCUT2D eigenvalue weighted by atomic mass is 9.79. The summed E-state index contributed by atoms with van der Waals surface area (Å²) in [5, 5.41) is 14.4. The van der Waals surface area contributed by atoms with Crippen molar-refractivity contribution < 1.29 is 27.8 Å². The Balaban J connectivity index is 0.00000337. The zero-order valence-corrected chi connectivity index (χ0v) is 24.5. The van der Waals surface area contributed by atoms with E-state index in [1.54, 1.807) is 6.07 Å². The number of nitrogens with zero attached hydrogens (tertiary/aromatic N) is 1. The van der Waals surface area contributed by atoms with Crippen LogP contribution in [0.15, 0.2) is 18.2 Å². The van der Waals surface area contributed by atoms with E-state index in [0.29, 0.717) is 67.4 Å². The van der Waals surface area contributed by atoms with Gasteiger partial charge in [0.25, 0.3) is 0 Å². The minimum atomic E-state index is -3.19. The topological polar surface area (TPSA) is 105 Å². The predicted molar refractivity (Wildman–Crippen MR) is 160 cm³/mol. The number of carbonyl (C=O) groups excluding carboxylic acids is 1. The lowest BCUT2D eigenvalue weighted by Gasteiger charge is -2.37. The number of hydrogen-bond donors (Lipinski definition) is 2. The molecule has 0 aromatic heterocycles. The van der Waals surface area contributed by atoms with Crippen molar-refractivity contribution in [2.24, 2.45) is 17.8 Å². The first-order valence-corrected chi connectivity index (χ1v) is 17.3. The number of aliphatic hydroxyl groups is 1. The van der Waals surface area contributed by atoms with Crippen molar-refractivity contribution in [3.05, 3.63) is 23.8 Å². The van der Waals surface area contributed by atoms with Crippen LogP contribution in [0.3, 0.4) is 0 Å². The Morgan fingerprint density at radius 3 is 2.59 bits per heavy atom. The largest absolute Gasteiger partial charge is 0.486 e. The number of aliphatic hydroxyl groups excluding tert-OH is 1. The number of rotatable bonds is 11. The van der Waals surface area contributed by atoms with E-state index in [4.69, 9.17) is 9.47 Å². The van der Waals surface area contributed by atoms with Crippen molar-refractivity contribution >= 4 is 15.7 Å². The summed E-state index contributed by atoms with van der Waals surface area (Å²) in [5.74, 6) is 3.12. The van der Waals surface area contributed by atoms with Crippen LogP contribution in [0.25, 0.3) is 0 Å². The molecule has 1 aromatic rings. The van der Waals surface area contributed by atoms with Crippen LogP contribution < -0.4 is 14.8 Å². The molecule has 9 heteroatoms. The Bertz CT molecular complexity index is 1160. The zero-order valence-electron chi connectivity index (χ0n) is 23.7. The number of benzene rings is 1. The van der Waals surface area contributed by atoms with Gasteiger partial charge in [0.2, 0.25) is 5.91 Å². The SMILES string of the molecule is C.O=C(CCCCS(=O)(=O)C12CC3CCCC(C1)C(C3)C2)N[C@H](CN1CCCC1)[C@@H](O)c1ccc2c(c1)OCCO2. The Morgan fingerprint density at radius 1 is 1.02 bits per heavy atom. The quantitative estimate of drug-likeness (QED) is 0.362. The van der Waals surface area contributed by atoms with Crippen molar-refractivity contribution in [3.8, 4) is 11.5 Å². The van der Waals surface area contributed by atoms with Crippen LogP contribution in [0.5, 0.6) is 11.5 Å². The summed E-state index contributed by atoms with van der Waals surface area (Å²) in [6.45, 7) is 3.47. The highest BCUT2D eigenvalue weighted by atomic mass is 32.2. The zero-order chi connectivity index (χ0) is 27.7. The minimum absolute atomic E-state index is 0. The van der Waals surface area contributed by atoms with Crippen molar-refractivity contribution in [1.29, 1.82) is 0 Å². The fourth-order valence-corrected chi connectivity index (χ4v) is 10.9. The third-order valence-corrected chi connectivity index (χ3v) is 13.1. The van der Waals surface area contributed by atoms with Crippen LogP contribution in [-0.2, 0) is 14.6 Å². The van der Waals surface area contributed by atoms with Gasteiger partial charge >= 0.3 is 0 Å². The lowest BCUT2D eigenvalue weighted by Crippen LogP contribution is -2.46. The van der Waals surface area contributed by atoms with Crippen LogP contribution in [0.4, 0.5) is 0 Å². The lowest BCUT2D eigenvalue weighted by molar-refractivity contribution is -0.123. The normalized spacial score (nSPS) is 30.3. The number of carbonyl (C=O) groups is 1. The fraction of sp³-hybridized carbons (Fsp3) is 0.781. The van der Waals surface area contributed by atoms with Gasteiger partial charge in [0.1, 0.15) is 19.3 Å². The number of nitrogens with one attached hydrogen (secondary N) is 1. The molecule has 1 aromatic carbocycles. The predicted octanol–water partition coefficient (Wildman–Crippen LogP) is 4.65. The second-order valence-corrected chi connectivity index (χ2v) is 15.7. The first-order valence-electron chi connectivity index (χ1n) is 15.6. The highest BCUT2D eigenvalue weighted by Crippen LogP contribution is 2.58. The molecule has 6 atom stereocenters. The number of ether oxygens (including phenoxy) is 2. The average molecular weight is 591 g/mol. The van der Waals surface area contributed by atoms with Gasteiger partial charge in [-0.2, -0.15) is 0 Å². The summed E-state index contributed by atoms with van der Waals surface area (Å²) in [7, 11) is -3.19. The van der Waals surface area contributed by atoms with Gasteiger partial charge < -0.3 is 24.8 Å². The third-order valence-electron chi connectivity index (χ3n) is 10.4. The molecule has 0 radical (unpaired) electrons. The third kappa shape index (κ3) is 6.57. The first-order chi connectivity index (χ1) is 19.3. The Morgan fingerprint density at radius 2 is 1.78 bits per heavy atom. The molecule has 4 fully saturated rings. The van der Waals surface area contributed by atoms with Crippen molar-refractivity contribution in [3.63, 3.8) is 0 Å². The van der Waals surface area contributed by atoms with Gasteiger partial charge in [0, 0.05) is 13.0 Å². The number of fused-ring (bicyclic) bond motifs is 3. The summed E-state index contributed by atoms with van der Waals surface area (Å²) in [6, 6.07) is 4.99. The maximum atomic E-state index is 13.6. The van der Waals surface area contributed by atoms with E-state index >= 15 is 0 Å². The molecule has 2 aliphatic heterocycles. The van der Waals surface area contributed by atoms with Gasteiger partial charge in [-0.15, -0.1) is 0 Å². The molecule has 8 nitrogen and oxygen atoms in total. The number of amides is 1. The molecule has 2 heterocycles. The van der Waals surface area contributed by atoms with E-state index in [9.17, 15) is 18.3 Å². The molecule has 5 aliphatic rings. The average Bonchev–Trinajstić information content (AvgIpc) is 3.52. The van der Waals surface area contributed by atoms with Crippen LogP contribution >= 0.6 is 0 Å². The Hall–Kier alpha value is -1.84. The molecule has 41 heavy (non-hydrogen) atoms. The van der Waals surface area contributed by atoms with Crippen LogP contribution in [0, 0.1) is 17.8 Å². The van der Waals surface area contributed by atoms with Gasteiger partial charge in [-0.05, 0) is 99.9 Å². The number of likely N-dealkylation sites (tertiary alicyclic amines) is 1. The van der Waals surface area contributed by atoms with Crippen LogP contribution in [0.2, 0.25) is 0 Å². The summed E-state index contributed by atoms with van der Waals surface area (Å²) in [4.78, 5) is 15.3. The van der Waals surface area contributed by atoms with E-state index in [-0.39, 0.29) is 25.5 Å². The first kappa shape index (κ1) is 30.6. The second-order valence-electron chi connectivity index (χ2n) is 13.2. The molecule has 2 N–H and O–H groups in total. The smallest absolute Gasteiger partial charge is 0.220 e. The molecule has 230 valence electrons. The molecular formula is C32H50N2O6S. The molecule has 6 rings (SSSR count). The molecular weight excluding hydrogens is 540 g/mol. The van der Waals surface area contributed by atoms with Gasteiger partial charge in [0.15, 0.2) is 21.3 Å². The maximum Gasteiger partial charge on any atom is 0.220 e. The van der Waals surface area contributed by atoms with Gasteiger partial charge in [0.05, 0.1) is 16.5 Å². The van der Waals surface area contributed by atoms with Crippen molar-refractivity contribution in [2.45, 2.75) is 101 Å². The molecule has 3 saturated carbocycles. The summed E-state index contributed by atoms with van der Waals surface area (Å²) in [5.41, 5.74) is 0.686. The number of hydrogen-bond acceptors (Lipinski definition) is 7. The van der Waals surface area contributed by atoms with Gasteiger partial charge in [-0.1, -0.05) is 32.8 Å². The van der Waals surface area contributed by atoms with E-state index in [1.807, 2.05) is 12.1 Å². The standard InChI is InChI=1S/C31H46N2O6S.CH4/c34-29(8-1-4-15-40(36,37)31-18-22-6-5-7-24(19-31)25(16-22)20-31)32-26(21-33-11-2-3-12-33)30(35)23-9-10-27-28(17-23)39-14-13-38-27;/h9-10,17,22,24-26,30,35H,1-8,11-16,18-21H2,(H,32,34);1H4/t22?,24?,25?,26-,30+,31?;/m1./s1. The van der Waals surface area contributed by atoms with Gasteiger partial charge in [-0.3, -0.25) is 4.79 Å². The van der Waals surface area contributed by atoms with E-state index in [1.165, 1.54) is 25.7 Å². The summed E-state index contributed by atoms with van der Waals surface area (Å²) < 4.78 is 38.0. The van der Waals surface area contributed by atoms with E-state index in [2.05, 4.69) is 10.2 Å². The number of unbranched alkanes of at least 4 members (excludes halogenated alkanes) is 1. The van der Waals surface area contributed by atoms with Crippen molar-refractivity contribution in [2.75, 3.05) is 38.6 Å². The molecule has 1 amide bonds. The monoisotopic (exact) mass is 590 g/mol. The molecule has 4 unspecified atom stereocenters. The van der Waals surface area contributed by atoms with E-state index in [0.717, 1.165) is 45.2 Å².